The first-order valence-electron chi connectivity index (χ1n) is 10.4. The maximum Gasteiger partial charge on any atom is 0.261 e. The number of anilines is 1. The van der Waals surface area contributed by atoms with Crippen molar-refractivity contribution in [2.24, 2.45) is 0 Å². The molecule has 0 radical (unpaired) electrons. The molecule has 3 amide bonds. The molecule has 1 unspecified atom stereocenters. The van der Waals surface area contributed by atoms with Crippen molar-refractivity contribution in [1.29, 1.82) is 0 Å². The Balaban J connectivity index is 1.53. The standard InChI is InChI=1S/C23H25N3O5S/c1-23(2,3)15-4-7-17(8-5-15)32(30,31)25-16-6-9-18-14(12-16)13-26(22(18)29)19-10-11-20(27)24-21(19)28/h4-9,12,19,25H,10-11,13H2,1-3H3,(H,24,27,28). The Bertz CT molecular complexity index is 1210. The number of hydrogen-bond donors (Lipinski definition) is 2. The second kappa shape index (κ2) is 7.74. The highest BCUT2D eigenvalue weighted by atomic mass is 32.2. The molecule has 1 fully saturated rings. The second-order valence-corrected chi connectivity index (χ2v) is 10.8. The molecule has 1 atom stereocenters. The van der Waals surface area contributed by atoms with E-state index in [1.54, 1.807) is 36.4 Å². The van der Waals surface area contributed by atoms with E-state index in [1.807, 2.05) is 0 Å². The number of carbonyl (C=O) groups is 3. The molecule has 1 saturated heterocycles. The van der Waals surface area contributed by atoms with Gasteiger partial charge in [-0.05, 0) is 53.3 Å². The number of benzene rings is 2. The number of sulfonamides is 1. The van der Waals surface area contributed by atoms with E-state index in [-0.39, 0.29) is 41.5 Å². The summed E-state index contributed by atoms with van der Waals surface area (Å²) in [4.78, 5) is 37.9. The Labute approximate surface area is 187 Å². The van der Waals surface area contributed by atoms with Gasteiger partial charge in [-0.2, -0.15) is 0 Å². The van der Waals surface area contributed by atoms with E-state index in [0.29, 0.717) is 16.8 Å². The number of carbonyl (C=O) groups excluding carboxylic acids is 3. The molecule has 2 aliphatic heterocycles. The SMILES string of the molecule is CC(C)(C)c1ccc(S(=O)(=O)Nc2ccc3c(c2)CN(C2CCC(=O)NC2=O)C3=O)cc1. The first-order valence-corrected chi connectivity index (χ1v) is 11.8. The first-order chi connectivity index (χ1) is 15.0. The van der Waals surface area contributed by atoms with Gasteiger partial charge in [0, 0.05) is 24.2 Å². The predicted molar refractivity (Wildman–Crippen MR) is 118 cm³/mol. The van der Waals surface area contributed by atoms with Crippen LogP contribution in [0.4, 0.5) is 5.69 Å². The van der Waals surface area contributed by atoms with Crippen LogP contribution in [0.5, 0.6) is 0 Å². The highest BCUT2D eigenvalue weighted by molar-refractivity contribution is 7.92. The van der Waals surface area contributed by atoms with Gasteiger partial charge in [-0.1, -0.05) is 32.9 Å². The van der Waals surface area contributed by atoms with Crippen LogP contribution in [0.3, 0.4) is 0 Å². The average Bonchev–Trinajstić information content (AvgIpc) is 3.03. The lowest BCUT2D eigenvalue weighted by Crippen LogP contribution is -2.52. The van der Waals surface area contributed by atoms with E-state index in [1.165, 1.54) is 11.0 Å². The van der Waals surface area contributed by atoms with Gasteiger partial charge >= 0.3 is 0 Å². The molecule has 2 N–H and O–H groups in total. The van der Waals surface area contributed by atoms with E-state index in [4.69, 9.17) is 0 Å². The van der Waals surface area contributed by atoms with Crippen molar-refractivity contribution in [2.75, 3.05) is 4.72 Å². The third kappa shape index (κ3) is 4.12. The van der Waals surface area contributed by atoms with Crippen molar-refractivity contribution in [1.82, 2.24) is 10.2 Å². The van der Waals surface area contributed by atoms with Crippen molar-refractivity contribution >= 4 is 33.4 Å². The van der Waals surface area contributed by atoms with Gasteiger partial charge in [0.1, 0.15) is 6.04 Å². The number of nitrogens with zero attached hydrogens (tertiary/aromatic N) is 1. The monoisotopic (exact) mass is 455 g/mol. The van der Waals surface area contributed by atoms with E-state index in [2.05, 4.69) is 30.8 Å². The number of nitrogens with one attached hydrogen (secondary N) is 2. The Kier molecular flexibility index (Phi) is 5.32. The van der Waals surface area contributed by atoms with Gasteiger partial charge in [-0.25, -0.2) is 8.42 Å². The predicted octanol–water partition coefficient (Wildman–Crippen LogP) is 2.55. The molecule has 8 nitrogen and oxygen atoms in total. The van der Waals surface area contributed by atoms with Crippen LogP contribution in [0, 0.1) is 0 Å². The van der Waals surface area contributed by atoms with Crippen LogP contribution in [0.1, 0.15) is 55.1 Å². The minimum absolute atomic E-state index is 0.0867. The lowest BCUT2D eigenvalue weighted by Gasteiger charge is -2.29. The Hall–Kier alpha value is -3.20. The summed E-state index contributed by atoms with van der Waals surface area (Å²) in [5, 5.41) is 2.26. The number of hydrogen-bond acceptors (Lipinski definition) is 5. The van der Waals surface area contributed by atoms with Crippen LogP contribution >= 0.6 is 0 Å². The zero-order valence-electron chi connectivity index (χ0n) is 18.1. The van der Waals surface area contributed by atoms with Crippen molar-refractivity contribution in [3.8, 4) is 0 Å². The van der Waals surface area contributed by atoms with Gasteiger partial charge in [0.2, 0.25) is 11.8 Å². The van der Waals surface area contributed by atoms with E-state index in [0.717, 1.165) is 5.56 Å². The average molecular weight is 456 g/mol. The molecule has 32 heavy (non-hydrogen) atoms. The van der Waals surface area contributed by atoms with Gasteiger partial charge in [0.15, 0.2) is 0 Å². The number of piperidine rings is 1. The Morgan fingerprint density at radius 3 is 2.34 bits per heavy atom. The molecule has 2 aromatic rings. The molecule has 0 bridgehead atoms. The Morgan fingerprint density at radius 2 is 1.72 bits per heavy atom. The molecule has 2 aliphatic rings. The fourth-order valence-electron chi connectivity index (χ4n) is 3.99. The number of imide groups is 1. The lowest BCUT2D eigenvalue weighted by molar-refractivity contribution is -0.136. The fraction of sp³-hybridized carbons (Fsp3) is 0.348. The first kappa shape index (κ1) is 22.0. The third-order valence-corrected chi connectivity index (χ3v) is 7.20. The minimum atomic E-state index is -3.81. The van der Waals surface area contributed by atoms with Crippen molar-refractivity contribution in [3.63, 3.8) is 0 Å². The van der Waals surface area contributed by atoms with Crippen molar-refractivity contribution < 1.29 is 22.8 Å². The molecule has 0 aliphatic carbocycles. The van der Waals surface area contributed by atoms with Crippen molar-refractivity contribution in [2.45, 2.75) is 56.5 Å². The van der Waals surface area contributed by atoms with Crippen LogP contribution in [-0.2, 0) is 31.6 Å². The van der Waals surface area contributed by atoms with E-state index >= 15 is 0 Å². The van der Waals surface area contributed by atoms with Gasteiger partial charge in [-0.15, -0.1) is 0 Å². The molecular weight excluding hydrogens is 430 g/mol. The summed E-state index contributed by atoms with van der Waals surface area (Å²) in [5.41, 5.74) is 2.33. The highest BCUT2D eigenvalue weighted by Gasteiger charge is 2.39. The summed E-state index contributed by atoms with van der Waals surface area (Å²) in [6, 6.07) is 10.7. The smallest absolute Gasteiger partial charge is 0.261 e. The molecule has 4 rings (SSSR count). The zero-order valence-corrected chi connectivity index (χ0v) is 19.0. The second-order valence-electron chi connectivity index (χ2n) is 9.15. The molecule has 0 aromatic heterocycles. The number of rotatable bonds is 4. The maximum atomic E-state index is 12.8. The molecule has 2 heterocycles. The normalized spacial score (nSPS) is 19.0. The maximum absolute atomic E-state index is 12.8. The lowest BCUT2D eigenvalue weighted by atomic mass is 9.87. The summed E-state index contributed by atoms with van der Waals surface area (Å²) < 4.78 is 28.2. The quantitative estimate of drug-likeness (QED) is 0.688. The van der Waals surface area contributed by atoms with Crippen LogP contribution in [-0.4, -0.2) is 37.1 Å². The van der Waals surface area contributed by atoms with Crippen molar-refractivity contribution in [3.05, 3.63) is 59.2 Å². The van der Waals surface area contributed by atoms with Gasteiger partial charge in [0.05, 0.1) is 4.90 Å². The third-order valence-electron chi connectivity index (χ3n) is 5.81. The van der Waals surface area contributed by atoms with Crippen LogP contribution in [0.15, 0.2) is 47.4 Å². The molecule has 0 saturated carbocycles. The summed E-state index contributed by atoms with van der Waals surface area (Å²) >= 11 is 0. The van der Waals surface area contributed by atoms with Gasteiger partial charge in [0.25, 0.3) is 15.9 Å². The van der Waals surface area contributed by atoms with Gasteiger partial charge < -0.3 is 4.90 Å². The fourth-order valence-corrected chi connectivity index (χ4v) is 5.04. The molecule has 168 valence electrons. The minimum Gasteiger partial charge on any atom is -0.322 e. The summed E-state index contributed by atoms with van der Waals surface area (Å²) in [7, 11) is -3.81. The Morgan fingerprint density at radius 1 is 1.03 bits per heavy atom. The molecule has 9 heteroatoms. The summed E-state index contributed by atoms with van der Waals surface area (Å²) in [6.45, 7) is 6.34. The van der Waals surface area contributed by atoms with Crippen LogP contribution in [0.25, 0.3) is 0 Å². The largest absolute Gasteiger partial charge is 0.322 e. The summed E-state index contributed by atoms with van der Waals surface area (Å²) in [5.74, 6) is -1.13. The van der Waals surface area contributed by atoms with E-state index < -0.39 is 22.0 Å². The highest BCUT2D eigenvalue weighted by Crippen LogP contribution is 2.30. The topological polar surface area (TPSA) is 113 Å². The van der Waals surface area contributed by atoms with E-state index in [9.17, 15) is 22.8 Å². The number of fused-ring (bicyclic) bond motifs is 1. The molecule has 2 aromatic carbocycles. The summed E-state index contributed by atoms with van der Waals surface area (Å²) in [6.07, 6.45) is 0.448. The number of amides is 3. The molecular formula is C23H25N3O5S. The molecule has 0 spiro atoms. The van der Waals surface area contributed by atoms with Crippen LogP contribution in [0.2, 0.25) is 0 Å². The zero-order chi connectivity index (χ0) is 23.3. The van der Waals surface area contributed by atoms with Crippen LogP contribution < -0.4 is 10.0 Å². The van der Waals surface area contributed by atoms with Gasteiger partial charge in [-0.3, -0.25) is 24.4 Å².